The molecule has 0 aliphatic carbocycles. The molecule has 0 aromatic heterocycles. The number of ether oxygens (including phenoxy) is 2. The van der Waals surface area contributed by atoms with Crippen LogP contribution in [-0.4, -0.2) is 87.5 Å². The lowest BCUT2D eigenvalue weighted by Crippen LogP contribution is -2.60. The first-order valence-electron chi connectivity index (χ1n) is 26.2. The van der Waals surface area contributed by atoms with Gasteiger partial charge in [-0.15, -0.1) is 0 Å². The summed E-state index contributed by atoms with van der Waals surface area (Å²) in [5.74, 6) is -0.212. The maximum Gasteiger partial charge on any atom is 0.220 e. The number of amides is 1. The van der Waals surface area contributed by atoms with Crippen LogP contribution in [0.1, 0.15) is 213 Å². The van der Waals surface area contributed by atoms with Crippen LogP contribution >= 0.6 is 0 Å². The molecule has 1 fully saturated rings. The molecule has 0 aromatic rings. The maximum absolute atomic E-state index is 13.0. The van der Waals surface area contributed by atoms with E-state index in [-0.39, 0.29) is 12.5 Å². The Hall–Kier alpha value is -2.37. The van der Waals surface area contributed by atoms with Gasteiger partial charge >= 0.3 is 0 Å². The highest BCUT2D eigenvalue weighted by atomic mass is 16.7. The van der Waals surface area contributed by atoms with E-state index in [4.69, 9.17) is 9.47 Å². The molecule has 9 nitrogen and oxygen atoms in total. The number of carbonyl (C=O) groups excluding carboxylic acids is 1. The SMILES string of the molecule is CC/C=C\C/C=C\C/C=C\C/C=C\CCCCCCC(=O)NC(COC1OC(CO)C(O)C(O)C1O)C(O)/C=C/CC/C=C/CCCCCCCCCCCCCCCCCCCC. The summed E-state index contributed by atoms with van der Waals surface area (Å²) in [6.07, 6.45) is 53.9. The van der Waals surface area contributed by atoms with E-state index >= 15 is 0 Å². The summed E-state index contributed by atoms with van der Waals surface area (Å²) in [6, 6.07) is -0.839. The number of carbonyl (C=O) groups is 1. The first-order valence-corrected chi connectivity index (χ1v) is 26.2. The van der Waals surface area contributed by atoms with E-state index in [2.05, 4.69) is 79.9 Å². The molecule has 0 radical (unpaired) electrons. The van der Waals surface area contributed by atoms with Crippen molar-refractivity contribution in [2.24, 2.45) is 0 Å². The Bertz CT molecular complexity index is 1230. The molecule has 1 aliphatic heterocycles. The lowest BCUT2D eigenvalue weighted by Gasteiger charge is -2.40. The molecule has 1 amide bonds. The minimum absolute atomic E-state index is 0.212. The minimum atomic E-state index is -1.58. The van der Waals surface area contributed by atoms with Crippen LogP contribution < -0.4 is 5.32 Å². The molecule has 1 heterocycles. The van der Waals surface area contributed by atoms with Gasteiger partial charge < -0.3 is 40.3 Å². The van der Waals surface area contributed by atoms with Crippen LogP contribution in [0.15, 0.2) is 72.9 Å². The fraction of sp³-hybridized carbons (Fsp3) is 0.764. The fourth-order valence-corrected chi connectivity index (χ4v) is 7.87. The number of aliphatic hydroxyl groups excluding tert-OH is 5. The molecule has 0 aromatic carbocycles. The van der Waals surface area contributed by atoms with Gasteiger partial charge in [0.2, 0.25) is 5.91 Å². The standard InChI is InChI=1S/C55H97NO8/c1-3-5-7-9-11-13-15-17-19-21-22-23-24-25-26-27-29-30-32-34-36-38-40-42-44-49(58)48(47-63-55-54(62)53(61)52(60)50(46-57)64-55)56-51(59)45-43-41-39-37-35-33-31-28-20-18-16-14-12-10-8-6-4-2/h6,8,12,14,18,20,31,33-34,36,42,44,48-50,52-55,57-58,60-62H,3-5,7,9-11,13,15-17,19,21-30,32,35,37-41,43,45-47H2,1-2H3,(H,56,59)/b8-6-,14-12-,20-18-,33-31-,36-34+,44-42+. The zero-order valence-electron chi connectivity index (χ0n) is 40.8. The van der Waals surface area contributed by atoms with Crippen molar-refractivity contribution in [3.05, 3.63) is 72.9 Å². The van der Waals surface area contributed by atoms with E-state index in [0.717, 1.165) is 77.0 Å². The molecule has 0 spiro atoms. The molecule has 9 heteroatoms. The minimum Gasteiger partial charge on any atom is -0.394 e. The van der Waals surface area contributed by atoms with Gasteiger partial charge in [0, 0.05) is 6.42 Å². The summed E-state index contributed by atoms with van der Waals surface area (Å²) in [6.45, 7) is 3.63. The summed E-state index contributed by atoms with van der Waals surface area (Å²) in [7, 11) is 0. The van der Waals surface area contributed by atoms with Gasteiger partial charge in [0.1, 0.15) is 24.4 Å². The predicted octanol–water partition coefficient (Wildman–Crippen LogP) is 12.1. The van der Waals surface area contributed by atoms with Crippen LogP contribution in [0.25, 0.3) is 0 Å². The Morgan fingerprint density at radius 3 is 1.50 bits per heavy atom. The second kappa shape index (κ2) is 44.5. The number of rotatable bonds is 43. The van der Waals surface area contributed by atoms with Crippen molar-refractivity contribution in [2.75, 3.05) is 13.2 Å². The summed E-state index contributed by atoms with van der Waals surface area (Å²) in [4.78, 5) is 13.0. The molecular weight excluding hydrogens is 803 g/mol. The van der Waals surface area contributed by atoms with Crippen molar-refractivity contribution in [3.63, 3.8) is 0 Å². The maximum atomic E-state index is 13.0. The van der Waals surface area contributed by atoms with Gasteiger partial charge in [-0.05, 0) is 70.6 Å². The van der Waals surface area contributed by atoms with E-state index in [9.17, 15) is 30.3 Å². The quantitative estimate of drug-likeness (QED) is 0.0262. The molecule has 6 N–H and O–H groups in total. The monoisotopic (exact) mass is 900 g/mol. The Morgan fingerprint density at radius 2 is 0.984 bits per heavy atom. The van der Waals surface area contributed by atoms with Crippen molar-refractivity contribution in [3.8, 4) is 0 Å². The first-order chi connectivity index (χ1) is 31.3. The molecule has 0 saturated carbocycles. The van der Waals surface area contributed by atoms with Crippen LogP contribution in [0, 0.1) is 0 Å². The largest absolute Gasteiger partial charge is 0.394 e. The van der Waals surface area contributed by atoms with E-state index in [0.29, 0.717) is 6.42 Å². The second-order valence-corrected chi connectivity index (χ2v) is 17.9. The third-order valence-electron chi connectivity index (χ3n) is 12.0. The number of nitrogens with one attached hydrogen (secondary N) is 1. The number of allylic oxidation sites excluding steroid dienone is 11. The molecule has 1 aliphatic rings. The topological polar surface area (TPSA) is 149 Å². The van der Waals surface area contributed by atoms with Crippen molar-refractivity contribution in [2.45, 2.75) is 256 Å². The van der Waals surface area contributed by atoms with Gasteiger partial charge in [0.25, 0.3) is 0 Å². The van der Waals surface area contributed by atoms with E-state index in [1.165, 1.54) is 116 Å². The molecule has 370 valence electrons. The molecule has 0 bridgehead atoms. The number of hydrogen-bond acceptors (Lipinski definition) is 8. The van der Waals surface area contributed by atoms with Gasteiger partial charge in [-0.3, -0.25) is 4.79 Å². The highest BCUT2D eigenvalue weighted by Gasteiger charge is 2.44. The Morgan fingerprint density at radius 1 is 0.547 bits per heavy atom. The number of aliphatic hydroxyl groups is 5. The van der Waals surface area contributed by atoms with Gasteiger partial charge in [-0.25, -0.2) is 0 Å². The van der Waals surface area contributed by atoms with E-state index < -0.39 is 49.5 Å². The molecule has 7 unspecified atom stereocenters. The molecular formula is C55H97NO8. The average Bonchev–Trinajstić information content (AvgIpc) is 3.29. The molecule has 64 heavy (non-hydrogen) atoms. The predicted molar refractivity (Wildman–Crippen MR) is 267 cm³/mol. The number of hydrogen-bond donors (Lipinski definition) is 6. The average molecular weight is 900 g/mol. The third kappa shape index (κ3) is 34.0. The zero-order chi connectivity index (χ0) is 46.6. The van der Waals surface area contributed by atoms with Gasteiger partial charge in [0.15, 0.2) is 6.29 Å². The smallest absolute Gasteiger partial charge is 0.220 e. The van der Waals surface area contributed by atoms with Gasteiger partial charge in [0.05, 0.1) is 25.4 Å². The molecule has 1 saturated heterocycles. The van der Waals surface area contributed by atoms with Crippen LogP contribution in [-0.2, 0) is 14.3 Å². The second-order valence-electron chi connectivity index (χ2n) is 17.9. The summed E-state index contributed by atoms with van der Waals surface area (Å²) in [5.41, 5.74) is 0. The van der Waals surface area contributed by atoms with Crippen molar-refractivity contribution in [1.29, 1.82) is 0 Å². The molecule has 7 atom stereocenters. The first kappa shape index (κ1) is 59.6. The van der Waals surface area contributed by atoms with E-state index in [1.54, 1.807) is 6.08 Å². The van der Waals surface area contributed by atoms with Crippen LogP contribution in [0.2, 0.25) is 0 Å². The van der Waals surface area contributed by atoms with Crippen molar-refractivity contribution in [1.82, 2.24) is 5.32 Å². The summed E-state index contributed by atoms with van der Waals surface area (Å²) in [5, 5.41) is 54.3. The van der Waals surface area contributed by atoms with Crippen LogP contribution in [0.4, 0.5) is 0 Å². The molecule has 1 rings (SSSR count). The van der Waals surface area contributed by atoms with Crippen molar-refractivity contribution < 1.29 is 39.8 Å². The lowest BCUT2D eigenvalue weighted by molar-refractivity contribution is -0.302. The lowest BCUT2D eigenvalue weighted by atomic mass is 9.99. The summed E-state index contributed by atoms with van der Waals surface area (Å²) >= 11 is 0. The Kier molecular flexibility index (Phi) is 41.4. The van der Waals surface area contributed by atoms with Gasteiger partial charge in [-0.1, -0.05) is 209 Å². The zero-order valence-corrected chi connectivity index (χ0v) is 40.8. The Labute approximate surface area is 391 Å². The fourth-order valence-electron chi connectivity index (χ4n) is 7.87. The highest BCUT2D eigenvalue weighted by Crippen LogP contribution is 2.23. The Balaban J connectivity index is 2.32. The van der Waals surface area contributed by atoms with Crippen LogP contribution in [0.3, 0.4) is 0 Å². The van der Waals surface area contributed by atoms with E-state index in [1.807, 2.05) is 6.08 Å². The number of unbranched alkanes of at least 4 members (excludes halogenated alkanes) is 23. The highest BCUT2D eigenvalue weighted by molar-refractivity contribution is 5.76. The van der Waals surface area contributed by atoms with Gasteiger partial charge in [-0.2, -0.15) is 0 Å². The third-order valence-corrected chi connectivity index (χ3v) is 12.0. The van der Waals surface area contributed by atoms with Crippen molar-refractivity contribution >= 4 is 5.91 Å². The normalized spacial score (nSPS) is 20.6. The van der Waals surface area contributed by atoms with Crippen LogP contribution in [0.5, 0.6) is 0 Å². The summed E-state index contributed by atoms with van der Waals surface area (Å²) < 4.78 is 11.2.